The third-order valence-electron chi connectivity index (χ3n) is 4.03. The molecule has 1 aliphatic rings. The predicted molar refractivity (Wildman–Crippen MR) is 111 cm³/mol. The van der Waals surface area contributed by atoms with E-state index in [4.69, 9.17) is 4.74 Å². The van der Waals surface area contributed by atoms with Crippen LogP contribution in [-0.2, 0) is 4.74 Å². The largest absolute Gasteiger partial charge is 0.444 e. The maximum Gasteiger partial charge on any atom is 0.410 e. The highest BCUT2D eigenvalue weighted by molar-refractivity contribution is 9.28. The van der Waals surface area contributed by atoms with Gasteiger partial charge in [-0.15, -0.1) is 0 Å². The zero-order chi connectivity index (χ0) is 18.8. The van der Waals surface area contributed by atoms with Gasteiger partial charge in [-0.3, -0.25) is 4.90 Å². The van der Waals surface area contributed by atoms with Gasteiger partial charge in [0.25, 0.3) is 0 Å². The zero-order valence-corrected chi connectivity index (χ0v) is 18.6. The van der Waals surface area contributed by atoms with E-state index < -0.39 is 5.60 Å². The molecule has 1 heterocycles. The van der Waals surface area contributed by atoms with Crippen LogP contribution in [0.5, 0.6) is 0 Å². The van der Waals surface area contributed by atoms with Crippen molar-refractivity contribution in [2.75, 3.05) is 18.0 Å². The van der Waals surface area contributed by atoms with Crippen LogP contribution in [0.4, 0.5) is 10.5 Å². The van der Waals surface area contributed by atoms with E-state index in [9.17, 15) is 4.79 Å². The summed E-state index contributed by atoms with van der Waals surface area (Å²) >= 11 is 6.81. The lowest BCUT2D eigenvalue weighted by molar-refractivity contribution is 0.00566. The maximum absolute atomic E-state index is 12.5. The zero-order valence-electron chi connectivity index (χ0n) is 15.4. The quantitative estimate of drug-likeness (QED) is 0.559. The second-order valence-electron chi connectivity index (χ2n) is 7.52. The first-order valence-corrected chi connectivity index (χ1v) is 10.0. The summed E-state index contributed by atoms with van der Waals surface area (Å²) in [6, 6.07) is 8.56. The van der Waals surface area contributed by atoms with E-state index in [1.165, 1.54) is 0 Å². The molecule has 0 aliphatic carbocycles. The number of hydrogen-bond donors (Lipinski definition) is 0. The van der Waals surface area contributed by atoms with E-state index in [0.29, 0.717) is 0 Å². The van der Waals surface area contributed by atoms with Gasteiger partial charge in [0, 0.05) is 18.8 Å². The SMILES string of the molecule is C[C@@H]1CN(c2cccc(C=C(Br)Br)c2)C[C@H](C)N1C(=O)OC(C)(C)C. The second-order valence-corrected chi connectivity index (χ2v) is 10.3. The Morgan fingerprint density at radius 2 is 1.80 bits per heavy atom. The lowest BCUT2D eigenvalue weighted by Gasteiger charge is -2.45. The van der Waals surface area contributed by atoms with Crippen molar-refractivity contribution >= 4 is 49.7 Å². The highest BCUT2D eigenvalue weighted by Gasteiger charge is 2.35. The summed E-state index contributed by atoms with van der Waals surface area (Å²) in [7, 11) is 0. The van der Waals surface area contributed by atoms with Crippen LogP contribution >= 0.6 is 31.9 Å². The Balaban J connectivity index is 2.14. The highest BCUT2D eigenvalue weighted by Crippen LogP contribution is 2.26. The molecular weight excluding hydrogens is 448 g/mol. The molecule has 0 bridgehead atoms. The summed E-state index contributed by atoms with van der Waals surface area (Å²) in [5.41, 5.74) is 1.81. The summed E-state index contributed by atoms with van der Waals surface area (Å²) in [5, 5.41) is 0. The lowest BCUT2D eigenvalue weighted by atomic mass is 10.1. The second kappa shape index (κ2) is 8.12. The van der Waals surface area contributed by atoms with Crippen molar-refractivity contribution in [2.24, 2.45) is 0 Å². The van der Waals surface area contributed by atoms with Crippen molar-refractivity contribution in [1.82, 2.24) is 4.90 Å². The normalized spacial score (nSPS) is 21.1. The third-order valence-corrected chi connectivity index (χ3v) is 4.49. The number of hydrogen-bond acceptors (Lipinski definition) is 3. The Morgan fingerprint density at radius 3 is 2.32 bits per heavy atom. The molecule has 1 aromatic rings. The summed E-state index contributed by atoms with van der Waals surface area (Å²) < 4.78 is 6.48. The molecule has 0 unspecified atom stereocenters. The fraction of sp³-hybridized carbons (Fsp3) is 0.526. The van der Waals surface area contributed by atoms with E-state index in [2.05, 4.69) is 74.9 Å². The van der Waals surface area contributed by atoms with Crippen molar-refractivity contribution in [1.29, 1.82) is 0 Å². The fourth-order valence-corrected chi connectivity index (χ4v) is 3.67. The molecule has 1 amide bonds. The number of halogens is 2. The predicted octanol–water partition coefficient (Wildman–Crippen LogP) is 5.61. The Hall–Kier alpha value is -1.01. The Bertz CT molecular complexity index is 639. The van der Waals surface area contributed by atoms with Crippen LogP contribution in [-0.4, -0.2) is 41.8 Å². The molecule has 0 saturated carbocycles. The van der Waals surface area contributed by atoms with Gasteiger partial charge in [0.1, 0.15) is 5.60 Å². The average molecular weight is 474 g/mol. The van der Waals surface area contributed by atoms with Crippen LogP contribution in [0.3, 0.4) is 0 Å². The minimum Gasteiger partial charge on any atom is -0.444 e. The van der Waals surface area contributed by atoms with E-state index in [-0.39, 0.29) is 18.2 Å². The van der Waals surface area contributed by atoms with Gasteiger partial charge < -0.3 is 9.64 Å². The Morgan fingerprint density at radius 1 is 1.20 bits per heavy atom. The molecule has 0 aromatic heterocycles. The van der Waals surface area contributed by atoms with Gasteiger partial charge in [-0.25, -0.2) is 4.79 Å². The monoisotopic (exact) mass is 472 g/mol. The molecule has 1 saturated heterocycles. The first-order valence-electron chi connectivity index (χ1n) is 8.46. The minimum absolute atomic E-state index is 0.0840. The van der Waals surface area contributed by atoms with Crippen LogP contribution < -0.4 is 4.90 Å². The highest BCUT2D eigenvalue weighted by atomic mass is 79.9. The van der Waals surface area contributed by atoms with Crippen LogP contribution in [0, 0.1) is 0 Å². The van der Waals surface area contributed by atoms with Crippen LogP contribution in [0.15, 0.2) is 27.7 Å². The van der Waals surface area contributed by atoms with Gasteiger partial charge in [-0.1, -0.05) is 12.1 Å². The van der Waals surface area contributed by atoms with Gasteiger partial charge in [0.05, 0.1) is 15.5 Å². The van der Waals surface area contributed by atoms with E-state index in [1.54, 1.807) is 0 Å². The van der Waals surface area contributed by atoms with Crippen molar-refractivity contribution in [3.8, 4) is 0 Å². The topological polar surface area (TPSA) is 32.8 Å². The maximum atomic E-state index is 12.5. The van der Waals surface area contributed by atoms with Gasteiger partial charge in [0.15, 0.2) is 0 Å². The number of anilines is 1. The summed E-state index contributed by atoms with van der Waals surface area (Å²) in [5.74, 6) is 0. The Labute approximate surface area is 167 Å². The van der Waals surface area contributed by atoms with Gasteiger partial charge >= 0.3 is 6.09 Å². The molecule has 25 heavy (non-hydrogen) atoms. The molecule has 1 aromatic carbocycles. The molecule has 0 spiro atoms. The van der Waals surface area contributed by atoms with Gasteiger partial charge in [-0.2, -0.15) is 0 Å². The summed E-state index contributed by atoms with van der Waals surface area (Å²) in [4.78, 5) is 16.7. The molecule has 2 rings (SSSR count). The van der Waals surface area contributed by atoms with E-state index in [0.717, 1.165) is 27.7 Å². The summed E-state index contributed by atoms with van der Waals surface area (Å²) in [6.07, 6.45) is 1.79. The fourth-order valence-electron chi connectivity index (χ4n) is 3.15. The molecule has 6 heteroatoms. The van der Waals surface area contributed by atoms with Crippen LogP contribution in [0.25, 0.3) is 6.08 Å². The molecule has 1 aliphatic heterocycles. The molecule has 0 N–H and O–H groups in total. The molecule has 138 valence electrons. The van der Waals surface area contributed by atoms with E-state index >= 15 is 0 Å². The number of rotatable bonds is 2. The van der Waals surface area contributed by atoms with E-state index in [1.807, 2.05) is 31.7 Å². The molecule has 0 radical (unpaired) electrons. The average Bonchev–Trinajstić information content (AvgIpc) is 2.44. The molecule has 4 nitrogen and oxygen atoms in total. The number of carbonyl (C=O) groups is 1. The first kappa shape index (κ1) is 20.3. The van der Waals surface area contributed by atoms with Crippen molar-refractivity contribution in [3.05, 3.63) is 33.2 Å². The first-order chi connectivity index (χ1) is 11.6. The van der Waals surface area contributed by atoms with Crippen molar-refractivity contribution < 1.29 is 9.53 Å². The Kier molecular flexibility index (Phi) is 6.60. The number of amides is 1. The minimum atomic E-state index is -0.475. The number of benzene rings is 1. The molecular formula is C19H26Br2N2O2. The van der Waals surface area contributed by atoms with Gasteiger partial charge in [0.2, 0.25) is 0 Å². The van der Waals surface area contributed by atoms with Gasteiger partial charge in [-0.05, 0) is 90.3 Å². The number of ether oxygens (including phenoxy) is 1. The van der Waals surface area contributed by atoms with Crippen molar-refractivity contribution in [3.63, 3.8) is 0 Å². The standard InChI is InChI=1S/C19H26Br2N2O2/c1-13-11-22(16-8-6-7-15(9-16)10-17(20)21)12-14(2)23(13)18(24)25-19(3,4)5/h6-10,13-14H,11-12H2,1-5H3/t13-,14+. The lowest BCUT2D eigenvalue weighted by Crippen LogP contribution is -2.59. The van der Waals surface area contributed by atoms with Crippen molar-refractivity contribution in [2.45, 2.75) is 52.3 Å². The molecule has 2 atom stereocenters. The molecule has 1 fully saturated rings. The summed E-state index contributed by atoms with van der Waals surface area (Å²) in [6.45, 7) is 11.4. The van der Waals surface area contributed by atoms with Crippen LogP contribution in [0.2, 0.25) is 0 Å². The number of piperazine rings is 1. The number of nitrogens with zero attached hydrogens (tertiary/aromatic N) is 2. The number of carbonyl (C=O) groups excluding carboxylic acids is 1. The van der Waals surface area contributed by atoms with Crippen LogP contribution in [0.1, 0.15) is 40.2 Å². The third kappa shape index (κ3) is 5.74. The smallest absolute Gasteiger partial charge is 0.410 e.